The van der Waals surface area contributed by atoms with Crippen molar-refractivity contribution in [2.75, 3.05) is 13.7 Å². The quantitative estimate of drug-likeness (QED) is 0.131. The van der Waals surface area contributed by atoms with Crippen molar-refractivity contribution in [3.63, 3.8) is 0 Å². The lowest BCUT2D eigenvalue weighted by Crippen LogP contribution is -2.40. The highest BCUT2D eigenvalue weighted by atomic mass is 127. The molecule has 0 fully saturated rings. The summed E-state index contributed by atoms with van der Waals surface area (Å²) in [4.78, 5) is 32.7. The zero-order valence-corrected chi connectivity index (χ0v) is 31.5. The molecule has 1 atom stereocenters. The minimum Gasteiger partial charge on any atom is -0.493 e. The van der Waals surface area contributed by atoms with E-state index < -0.39 is 12.0 Å². The van der Waals surface area contributed by atoms with Gasteiger partial charge in [-0.3, -0.25) is 9.36 Å². The smallest absolute Gasteiger partial charge is 0.338 e. The van der Waals surface area contributed by atoms with E-state index in [9.17, 15) is 9.59 Å². The van der Waals surface area contributed by atoms with Crippen molar-refractivity contribution in [3.8, 4) is 17.2 Å². The molecule has 0 radical (unpaired) electrons. The topological polar surface area (TPSA) is 88.4 Å². The summed E-state index contributed by atoms with van der Waals surface area (Å²) < 4.78 is 27.1. The number of benzene rings is 3. The second kappa shape index (κ2) is 14.7. The Morgan fingerprint density at radius 1 is 1.04 bits per heavy atom. The second-order valence-corrected chi connectivity index (χ2v) is 14.3. The summed E-state index contributed by atoms with van der Waals surface area (Å²) >= 11 is 5.82. The van der Waals surface area contributed by atoms with Crippen molar-refractivity contribution >= 4 is 68.6 Å². The highest BCUT2D eigenvalue weighted by molar-refractivity contribution is 14.1. The number of methoxy groups -OCH3 is 1. The summed E-state index contributed by atoms with van der Waals surface area (Å²) in [6.45, 7) is 10.1. The molecule has 0 aliphatic carbocycles. The van der Waals surface area contributed by atoms with Gasteiger partial charge in [0.25, 0.3) is 5.56 Å². The van der Waals surface area contributed by atoms with E-state index >= 15 is 0 Å². The van der Waals surface area contributed by atoms with Crippen molar-refractivity contribution in [2.24, 2.45) is 4.99 Å². The summed E-state index contributed by atoms with van der Waals surface area (Å²) in [6.07, 6.45) is 1.80. The maximum atomic E-state index is 14.1. The van der Waals surface area contributed by atoms with Crippen molar-refractivity contribution in [1.29, 1.82) is 0 Å². The number of aromatic nitrogens is 1. The molecule has 2 heterocycles. The number of carbonyl (C=O) groups excluding carboxylic acids is 1. The van der Waals surface area contributed by atoms with E-state index in [-0.39, 0.29) is 18.3 Å². The number of hydrogen-bond acceptors (Lipinski definition) is 8. The monoisotopic (exact) mass is 864 g/mol. The number of rotatable bonds is 10. The van der Waals surface area contributed by atoms with E-state index in [0.717, 1.165) is 24.0 Å². The number of esters is 1. The third kappa shape index (κ3) is 7.36. The lowest BCUT2D eigenvalue weighted by atomic mass is 9.95. The van der Waals surface area contributed by atoms with Crippen LogP contribution in [0.2, 0.25) is 0 Å². The van der Waals surface area contributed by atoms with Crippen LogP contribution < -0.4 is 29.1 Å². The molecule has 1 aromatic heterocycles. The minimum absolute atomic E-state index is 0.0606. The SMILES string of the molecule is CCOC(=O)C1=C(C)N=c2s/c(=C\c3cc(I)c(OCc4ccc(C)cc4)c(I)c3)c(=O)n2[C@@H]1c1ccc(OC(C)C)c(OC)c1. The van der Waals surface area contributed by atoms with Crippen LogP contribution in [0.15, 0.2) is 75.7 Å². The van der Waals surface area contributed by atoms with E-state index in [1.54, 1.807) is 37.7 Å². The van der Waals surface area contributed by atoms with Gasteiger partial charge in [0.05, 0.1) is 48.8 Å². The Kier molecular flexibility index (Phi) is 10.9. The molecule has 11 heteroatoms. The fraction of sp³-hybridized carbons (Fsp3) is 0.286. The van der Waals surface area contributed by atoms with Crippen LogP contribution >= 0.6 is 56.5 Å². The molecule has 0 saturated carbocycles. The first-order valence-corrected chi connectivity index (χ1v) is 17.7. The Hall–Kier alpha value is -3.17. The Labute approximate surface area is 299 Å². The molecule has 0 saturated heterocycles. The average Bonchev–Trinajstić information content (AvgIpc) is 3.30. The number of ether oxygens (including phenoxy) is 4. The average molecular weight is 865 g/mol. The molecule has 46 heavy (non-hydrogen) atoms. The Morgan fingerprint density at radius 2 is 1.74 bits per heavy atom. The molecule has 0 amide bonds. The van der Waals surface area contributed by atoms with Crippen LogP contribution in [0.3, 0.4) is 0 Å². The van der Waals surface area contributed by atoms with Gasteiger partial charge in [-0.1, -0.05) is 47.2 Å². The van der Waals surface area contributed by atoms with Gasteiger partial charge >= 0.3 is 5.97 Å². The zero-order chi connectivity index (χ0) is 33.1. The molecular formula is C35H34I2N2O6S. The lowest BCUT2D eigenvalue weighted by Gasteiger charge is -2.25. The fourth-order valence-corrected chi connectivity index (χ4v) is 8.28. The fourth-order valence-electron chi connectivity index (χ4n) is 5.10. The first-order chi connectivity index (χ1) is 22.0. The van der Waals surface area contributed by atoms with Gasteiger partial charge in [-0.05, 0) is 127 Å². The Bertz CT molecular complexity index is 1970. The van der Waals surface area contributed by atoms with Crippen molar-refractivity contribution in [2.45, 2.75) is 53.4 Å². The van der Waals surface area contributed by atoms with Crippen LogP contribution in [0.25, 0.3) is 6.08 Å². The first kappa shape index (κ1) is 34.2. The molecule has 1 aliphatic heterocycles. The van der Waals surface area contributed by atoms with Crippen LogP contribution in [-0.4, -0.2) is 30.4 Å². The van der Waals surface area contributed by atoms with Gasteiger partial charge in [0.15, 0.2) is 16.3 Å². The van der Waals surface area contributed by atoms with Crippen LogP contribution in [0, 0.1) is 14.1 Å². The normalized spacial score (nSPS) is 14.6. The number of carbonyl (C=O) groups is 1. The maximum absolute atomic E-state index is 14.1. The number of halogens is 2. The number of fused-ring (bicyclic) bond motifs is 1. The van der Waals surface area contributed by atoms with E-state index in [2.05, 4.69) is 76.4 Å². The third-order valence-electron chi connectivity index (χ3n) is 7.21. The van der Waals surface area contributed by atoms with Gasteiger partial charge in [-0.2, -0.15) is 0 Å². The van der Waals surface area contributed by atoms with E-state index in [1.165, 1.54) is 16.9 Å². The second-order valence-electron chi connectivity index (χ2n) is 11.0. The summed E-state index contributed by atoms with van der Waals surface area (Å²) in [5.41, 5.74) is 4.38. The summed E-state index contributed by atoms with van der Waals surface area (Å²) in [7, 11) is 1.56. The predicted octanol–water partition coefficient (Wildman–Crippen LogP) is 6.69. The molecular weight excluding hydrogens is 830 g/mol. The van der Waals surface area contributed by atoms with Crippen LogP contribution in [-0.2, 0) is 16.1 Å². The largest absolute Gasteiger partial charge is 0.493 e. The highest BCUT2D eigenvalue weighted by Gasteiger charge is 2.34. The molecule has 0 bridgehead atoms. The van der Waals surface area contributed by atoms with Crippen molar-refractivity contribution in [3.05, 3.63) is 115 Å². The summed E-state index contributed by atoms with van der Waals surface area (Å²) in [6, 6.07) is 16.9. The van der Waals surface area contributed by atoms with Gasteiger partial charge in [0.1, 0.15) is 12.4 Å². The number of allylic oxidation sites excluding steroid dienone is 1. The number of aryl methyl sites for hydroxylation is 1. The third-order valence-corrected chi connectivity index (χ3v) is 9.79. The van der Waals surface area contributed by atoms with Gasteiger partial charge < -0.3 is 18.9 Å². The Balaban J connectivity index is 1.57. The summed E-state index contributed by atoms with van der Waals surface area (Å²) in [5.74, 6) is 1.35. The van der Waals surface area contributed by atoms with Crippen LogP contribution in [0.1, 0.15) is 56.0 Å². The maximum Gasteiger partial charge on any atom is 0.338 e. The molecule has 0 unspecified atom stereocenters. The standard InChI is InChI=1S/C35H34I2N2O6S/c1-7-43-34(41)30-21(5)38-35-39(31(30)24-12-13-27(45-19(2)3)28(17-24)42-6)33(40)29(46-35)16-23-14-25(36)32(26(37)15-23)44-18-22-10-8-20(4)9-11-22/h8-17,19,31H,7,18H2,1-6H3/b29-16-/t31-/m1/s1. The summed E-state index contributed by atoms with van der Waals surface area (Å²) in [5, 5.41) is 0. The van der Waals surface area contributed by atoms with E-state index in [0.29, 0.717) is 44.3 Å². The molecule has 4 aromatic rings. The van der Waals surface area contributed by atoms with Crippen LogP contribution in [0.4, 0.5) is 0 Å². The zero-order valence-electron chi connectivity index (χ0n) is 26.4. The van der Waals surface area contributed by atoms with Gasteiger partial charge in [0.2, 0.25) is 0 Å². The van der Waals surface area contributed by atoms with Gasteiger partial charge in [0, 0.05) is 0 Å². The predicted molar refractivity (Wildman–Crippen MR) is 197 cm³/mol. The molecule has 240 valence electrons. The van der Waals surface area contributed by atoms with Crippen LogP contribution in [0.5, 0.6) is 17.2 Å². The van der Waals surface area contributed by atoms with Crippen molar-refractivity contribution < 1.29 is 23.7 Å². The van der Waals surface area contributed by atoms with Gasteiger partial charge in [-0.25, -0.2) is 9.79 Å². The first-order valence-electron chi connectivity index (χ1n) is 14.7. The Morgan fingerprint density at radius 3 is 2.37 bits per heavy atom. The minimum atomic E-state index is -0.766. The lowest BCUT2D eigenvalue weighted by molar-refractivity contribution is -0.139. The number of thiazole rings is 1. The molecule has 8 nitrogen and oxygen atoms in total. The molecule has 0 N–H and O–H groups in total. The van der Waals surface area contributed by atoms with E-state index in [1.807, 2.05) is 38.1 Å². The van der Waals surface area contributed by atoms with Crippen molar-refractivity contribution in [1.82, 2.24) is 4.57 Å². The molecule has 3 aromatic carbocycles. The molecule has 1 aliphatic rings. The van der Waals surface area contributed by atoms with Gasteiger partial charge in [-0.15, -0.1) is 0 Å². The van der Waals surface area contributed by atoms with E-state index in [4.69, 9.17) is 23.9 Å². The molecule has 5 rings (SSSR count). The highest BCUT2D eigenvalue weighted by Crippen LogP contribution is 2.37. The number of nitrogens with zero attached hydrogens (tertiary/aromatic N) is 2. The number of hydrogen-bond donors (Lipinski definition) is 0. The molecule has 0 spiro atoms.